The minimum atomic E-state index is 0.759. The number of likely N-dealkylation sites (tertiary alicyclic amines) is 1. The zero-order valence-electron chi connectivity index (χ0n) is 10.4. The van der Waals surface area contributed by atoms with Crippen molar-refractivity contribution in [1.82, 2.24) is 4.90 Å². The lowest BCUT2D eigenvalue weighted by Crippen LogP contribution is -2.25. The van der Waals surface area contributed by atoms with E-state index in [1.807, 2.05) is 25.1 Å². The molecule has 0 amide bonds. The topological polar surface area (TPSA) is 39.1 Å². The van der Waals surface area contributed by atoms with Gasteiger partial charge in [0.25, 0.3) is 0 Å². The first kappa shape index (κ1) is 11.9. The third-order valence-electron chi connectivity index (χ3n) is 3.30. The Morgan fingerprint density at radius 2 is 2.12 bits per heavy atom. The highest BCUT2D eigenvalue weighted by atomic mass is 15.1. The fourth-order valence-corrected chi connectivity index (χ4v) is 2.26. The molecule has 1 aliphatic heterocycles. The van der Waals surface area contributed by atoms with Crippen LogP contribution in [0.4, 0.5) is 5.69 Å². The normalized spacial score (nSPS) is 15.8. The van der Waals surface area contributed by atoms with Gasteiger partial charge in [0.1, 0.15) is 0 Å². The third kappa shape index (κ3) is 3.21. The first-order chi connectivity index (χ1) is 8.29. The van der Waals surface area contributed by atoms with E-state index in [1.54, 1.807) is 0 Å². The van der Waals surface area contributed by atoms with Crippen molar-refractivity contribution in [2.75, 3.05) is 31.5 Å². The number of nitrogens with one attached hydrogen (secondary N) is 1. The molecule has 0 aromatic heterocycles. The molecule has 1 fully saturated rings. The minimum Gasteiger partial charge on any atom is -0.384 e. The van der Waals surface area contributed by atoms with E-state index in [0.29, 0.717) is 0 Å². The van der Waals surface area contributed by atoms with Crippen LogP contribution in [0, 0.1) is 18.3 Å². The van der Waals surface area contributed by atoms with Gasteiger partial charge in [0, 0.05) is 18.8 Å². The molecular weight excluding hydrogens is 210 g/mol. The number of rotatable bonds is 4. The highest BCUT2D eigenvalue weighted by molar-refractivity contribution is 5.51. The number of hydrogen-bond acceptors (Lipinski definition) is 3. The van der Waals surface area contributed by atoms with Gasteiger partial charge >= 0.3 is 0 Å². The molecule has 90 valence electrons. The Hall–Kier alpha value is -1.53. The molecule has 0 radical (unpaired) electrons. The Morgan fingerprint density at radius 3 is 2.76 bits per heavy atom. The third-order valence-corrected chi connectivity index (χ3v) is 3.30. The fraction of sp³-hybridized carbons (Fsp3) is 0.500. The van der Waals surface area contributed by atoms with E-state index in [4.69, 9.17) is 5.26 Å². The zero-order chi connectivity index (χ0) is 12.1. The van der Waals surface area contributed by atoms with Gasteiger partial charge in [-0.05, 0) is 56.6 Å². The molecule has 1 aromatic rings. The van der Waals surface area contributed by atoms with Crippen LogP contribution in [-0.2, 0) is 0 Å². The molecule has 0 spiro atoms. The molecule has 1 heterocycles. The lowest BCUT2D eigenvalue weighted by atomic mass is 10.1. The largest absolute Gasteiger partial charge is 0.384 e. The van der Waals surface area contributed by atoms with Crippen molar-refractivity contribution < 1.29 is 0 Å². The Labute approximate surface area is 103 Å². The summed E-state index contributed by atoms with van der Waals surface area (Å²) in [5.74, 6) is 0. The molecule has 0 atom stereocenters. The first-order valence-electron chi connectivity index (χ1n) is 6.26. The average Bonchev–Trinajstić information content (AvgIpc) is 2.82. The standard InChI is InChI=1S/C14H19N3/c1-12-10-14(5-4-13(12)11-15)16-6-9-17-7-2-3-8-17/h4-5,10,16H,2-3,6-9H2,1H3. The van der Waals surface area contributed by atoms with E-state index < -0.39 is 0 Å². The zero-order valence-corrected chi connectivity index (χ0v) is 10.4. The maximum atomic E-state index is 8.85. The molecule has 0 bridgehead atoms. The Morgan fingerprint density at radius 1 is 1.35 bits per heavy atom. The summed E-state index contributed by atoms with van der Waals surface area (Å²) < 4.78 is 0. The second kappa shape index (κ2) is 5.70. The minimum absolute atomic E-state index is 0.759. The van der Waals surface area contributed by atoms with Gasteiger partial charge in [0.05, 0.1) is 11.6 Å². The molecule has 2 rings (SSSR count). The molecule has 1 aromatic carbocycles. The van der Waals surface area contributed by atoms with Crippen LogP contribution in [0.15, 0.2) is 18.2 Å². The van der Waals surface area contributed by atoms with E-state index in [-0.39, 0.29) is 0 Å². The van der Waals surface area contributed by atoms with Gasteiger partial charge in [-0.2, -0.15) is 5.26 Å². The van der Waals surface area contributed by atoms with Crippen LogP contribution < -0.4 is 5.32 Å². The SMILES string of the molecule is Cc1cc(NCCN2CCCC2)ccc1C#N. The van der Waals surface area contributed by atoms with Crippen LogP contribution in [0.1, 0.15) is 24.0 Å². The number of hydrogen-bond donors (Lipinski definition) is 1. The van der Waals surface area contributed by atoms with Crippen molar-refractivity contribution in [2.45, 2.75) is 19.8 Å². The number of aryl methyl sites for hydroxylation is 1. The number of nitriles is 1. The van der Waals surface area contributed by atoms with Gasteiger partial charge in [0.15, 0.2) is 0 Å². The smallest absolute Gasteiger partial charge is 0.0994 e. The van der Waals surface area contributed by atoms with Crippen LogP contribution in [-0.4, -0.2) is 31.1 Å². The number of nitrogens with zero attached hydrogens (tertiary/aromatic N) is 2. The molecule has 1 aliphatic rings. The molecule has 3 heteroatoms. The number of anilines is 1. The summed E-state index contributed by atoms with van der Waals surface area (Å²) in [6, 6.07) is 8.10. The second-order valence-corrected chi connectivity index (χ2v) is 4.62. The summed E-state index contributed by atoms with van der Waals surface area (Å²) in [5.41, 5.74) is 2.91. The first-order valence-corrected chi connectivity index (χ1v) is 6.26. The van der Waals surface area contributed by atoms with Crippen molar-refractivity contribution in [3.63, 3.8) is 0 Å². The van der Waals surface area contributed by atoms with Gasteiger partial charge in [-0.25, -0.2) is 0 Å². The predicted molar refractivity (Wildman–Crippen MR) is 70.1 cm³/mol. The Bertz CT molecular complexity index is 414. The lowest BCUT2D eigenvalue weighted by Gasteiger charge is -2.15. The number of benzene rings is 1. The van der Waals surface area contributed by atoms with Gasteiger partial charge in [-0.1, -0.05) is 0 Å². The van der Waals surface area contributed by atoms with Crippen LogP contribution in [0.5, 0.6) is 0 Å². The van der Waals surface area contributed by atoms with E-state index in [2.05, 4.69) is 16.3 Å². The van der Waals surface area contributed by atoms with Crippen molar-refractivity contribution in [3.8, 4) is 6.07 Å². The monoisotopic (exact) mass is 229 g/mol. The van der Waals surface area contributed by atoms with Gasteiger partial charge in [-0.15, -0.1) is 0 Å². The van der Waals surface area contributed by atoms with Gasteiger partial charge in [-0.3, -0.25) is 0 Å². The van der Waals surface area contributed by atoms with Gasteiger partial charge < -0.3 is 10.2 Å². The van der Waals surface area contributed by atoms with E-state index in [1.165, 1.54) is 25.9 Å². The van der Waals surface area contributed by atoms with Crippen molar-refractivity contribution in [1.29, 1.82) is 5.26 Å². The maximum absolute atomic E-state index is 8.85. The van der Waals surface area contributed by atoms with Crippen LogP contribution >= 0.6 is 0 Å². The molecule has 0 unspecified atom stereocenters. The molecule has 0 aliphatic carbocycles. The molecule has 3 nitrogen and oxygen atoms in total. The molecular formula is C14H19N3. The van der Waals surface area contributed by atoms with Crippen molar-refractivity contribution in [3.05, 3.63) is 29.3 Å². The molecule has 0 saturated carbocycles. The Balaban J connectivity index is 1.82. The highest BCUT2D eigenvalue weighted by Gasteiger charge is 2.10. The molecule has 1 saturated heterocycles. The Kier molecular flexibility index (Phi) is 4.00. The average molecular weight is 229 g/mol. The van der Waals surface area contributed by atoms with Gasteiger partial charge in [0.2, 0.25) is 0 Å². The van der Waals surface area contributed by atoms with Crippen molar-refractivity contribution in [2.24, 2.45) is 0 Å². The van der Waals surface area contributed by atoms with E-state index >= 15 is 0 Å². The highest BCUT2D eigenvalue weighted by Crippen LogP contribution is 2.14. The maximum Gasteiger partial charge on any atom is 0.0994 e. The summed E-state index contributed by atoms with van der Waals surface area (Å²) in [5, 5.41) is 12.3. The summed E-state index contributed by atoms with van der Waals surface area (Å²) in [4.78, 5) is 2.49. The van der Waals surface area contributed by atoms with E-state index in [9.17, 15) is 0 Å². The molecule has 1 N–H and O–H groups in total. The molecule has 17 heavy (non-hydrogen) atoms. The summed E-state index contributed by atoms with van der Waals surface area (Å²) >= 11 is 0. The summed E-state index contributed by atoms with van der Waals surface area (Å²) in [6.45, 7) is 6.55. The summed E-state index contributed by atoms with van der Waals surface area (Å²) in [7, 11) is 0. The van der Waals surface area contributed by atoms with Crippen LogP contribution in [0.2, 0.25) is 0 Å². The lowest BCUT2D eigenvalue weighted by molar-refractivity contribution is 0.352. The van der Waals surface area contributed by atoms with Crippen LogP contribution in [0.25, 0.3) is 0 Å². The van der Waals surface area contributed by atoms with Crippen molar-refractivity contribution >= 4 is 5.69 Å². The summed E-state index contributed by atoms with van der Waals surface area (Å²) in [6.07, 6.45) is 2.69. The second-order valence-electron chi connectivity index (χ2n) is 4.62. The predicted octanol–water partition coefficient (Wildman–Crippen LogP) is 2.37. The van der Waals surface area contributed by atoms with Crippen LogP contribution in [0.3, 0.4) is 0 Å². The fourth-order valence-electron chi connectivity index (χ4n) is 2.26. The van der Waals surface area contributed by atoms with E-state index in [0.717, 1.165) is 29.9 Å². The quantitative estimate of drug-likeness (QED) is 0.861.